The number of carbonyl (C=O) groups excluding carboxylic acids is 1. The molecule has 0 aliphatic carbocycles. The molecule has 0 radical (unpaired) electrons. The minimum absolute atomic E-state index is 0. The van der Waals surface area contributed by atoms with Gasteiger partial charge < -0.3 is 15.4 Å². The Morgan fingerprint density at radius 3 is 2.65 bits per heavy atom. The van der Waals surface area contributed by atoms with Crippen molar-refractivity contribution in [2.45, 2.75) is 44.6 Å². The quantitative estimate of drug-likeness (QED) is 0.710. The van der Waals surface area contributed by atoms with Gasteiger partial charge in [0.25, 0.3) is 0 Å². The first-order valence-electron chi connectivity index (χ1n) is 6.29. The standard InChI is InChI=1S/C12H24N2O2.ClH/c1-14(11-7-9-16-10-11)12(15)6-4-2-3-5-8-13;/h11H,2-10,13H2,1H3;1H. The number of amides is 1. The molecule has 102 valence electrons. The molecule has 1 saturated heterocycles. The number of rotatable bonds is 7. The van der Waals surface area contributed by atoms with Crippen molar-refractivity contribution in [2.75, 3.05) is 26.8 Å². The second kappa shape index (κ2) is 9.68. The number of nitrogens with two attached hydrogens (primary N) is 1. The van der Waals surface area contributed by atoms with E-state index in [1.807, 2.05) is 11.9 Å². The summed E-state index contributed by atoms with van der Waals surface area (Å²) in [4.78, 5) is 13.7. The summed E-state index contributed by atoms with van der Waals surface area (Å²) in [7, 11) is 1.89. The van der Waals surface area contributed by atoms with E-state index in [0.717, 1.165) is 45.3 Å². The molecule has 4 nitrogen and oxygen atoms in total. The zero-order chi connectivity index (χ0) is 11.8. The first-order valence-corrected chi connectivity index (χ1v) is 6.29. The Balaban J connectivity index is 0.00000256. The monoisotopic (exact) mass is 264 g/mol. The maximum absolute atomic E-state index is 11.8. The Hall–Kier alpha value is -0.320. The SMILES string of the molecule is CN(C(=O)CCCCCCN)C1CCOC1.Cl. The Morgan fingerprint density at radius 1 is 1.35 bits per heavy atom. The molecule has 1 rings (SSSR count). The van der Waals surface area contributed by atoms with Crippen LogP contribution in [-0.4, -0.2) is 43.7 Å². The number of halogens is 1. The lowest BCUT2D eigenvalue weighted by Crippen LogP contribution is -2.37. The summed E-state index contributed by atoms with van der Waals surface area (Å²) in [6.45, 7) is 2.25. The second-order valence-corrected chi connectivity index (χ2v) is 4.47. The van der Waals surface area contributed by atoms with Crippen LogP contribution in [0.2, 0.25) is 0 Å². The van der Waals surface area contributed by atoms with Crippen LogP contribution in [0, 0.1) is 0 Å². The highest BCUT2D eigenvalue weighted by Gasteiger charge is 2.23. The summed E-state index contributed by atoms with van der Waals surface area (Å²) in [6.07, 6.45) is 5.95. The van der Waals surface area contributed by atoms with Crippen LogP contribution in [0.4, 0.5) is 0 Å². The summed E-state index contributed by atoms with van der Waals surface area (Å²) in [5, 5.41) is 0. The third kappa shape index (κ3) is 6.24. The predicted octanol–water partition coefficient (Wildman–Crippen LogP) is 1.56. The average molecular weight is 265 g/mol. The van der Waals surface area contributed by atoms with Crippen molar-refractivity contribution in [2.24, 2.45) is 5.73 Å². The fourth-order valence-electron chi connectivity index (χ4n) is 1.98. The van der Waals surface area contributed by atoms with Gasteiger partial charge >= 0.3 is 0 Å². The first kappa shape index (κ1) is 16.7. The van der Waals surface area contributed by atoms with Crippen molar-refractivity contribution >= 4 is 18.3 Å². The van der Waals surface area contributed by atoms with E-state index in [0.29, 0.717) is 19.1 Å². The van der Waals surface area contributed by atoms with Gasteiger partial charge in [0.05, 0.1) is 12.6 Å². The van der Waals surface area contributed by atoms with E-state index < -0.39 is 0 Å². The Labute approximate surface area is 110 Å². The highest BCUT2D eigenvalue weighted by atomic mass is 35.5. The molecule has 0 spiro atoms. The van der Waals surface area contributed by atoms with Gasteiger partial charge in [-0.25, -0.2) is 0 Å². The topological polar surface area (TPSA) is 55.6 Å². The van der Waals surface area contributed by atoms with E-state index in [1.54, 1.807) is 0 Å². The number of unbranched alkanes of at least 4 members (excludes halogenated alkanes) is 3. The van der Waals surface area contributed by atoms with Crippen molar-refractivity contribution in [3.8, 4) is 0 Å². The van der Waals surface area contributed by atoms with Gasteiger partial charge in [0.1, 0.15) is 0 Å². The van der Waals surface area contributed by atoms with Crippen LogP contribution < -0.4 is 5.73 Å². The number of likely N-dealkylation sites (N-methyl/N-ethyl adjacent to an activating group) is 1. The smallest absolute Gasteiger partial charge is 0.222 e. The van der Waals surface area contributed by atoms with E-state index in [1.165, 1.54) is 0 Å². The molecule has 2 N–H and O–H groups in total. The van der Waals surface area contributed by atoms with Gasteiger partial charge in [-0.2, -0.15) is 0 Å². The molecule has 0 aromatic heterocycles. The van der Waals surface area contributed by atoms with Gasteiger partial charge in [0.15, 0.2) is 0 Å². The van der Waals surface area contributed by atoms with Gasteiger partial charge in [-0.05, 0) is 25.8 Å². The van der Waals surface area contributed by atoms with Crippen LogP contribution in [0.5, 0.6) is 0 Å². The number of hydrogen-bond donors (Lipinski definition) is 1. The van der Waals surface area contributed by atoms with E-state index in [2.05, 4.69) is 0 Å². The lowest BCUT2D eigenvalue weighted by atomic mass is 10.1. The molecule has 0 bridgehead atoms. The third-order valence-electron chi connectivity index (χ3n) is 3.19. The van der Waals surface area contributed by atoms with Gasteiger partial charge in [0.2, 0.25) is 5.91 Å². The van der Waals surface area contributed by atoms with Gasteiger partial charge in [-0.15, -0.1) is 12.4 Å². The molecule has 5 heteroatoms. The zero-order valence-electron chi connectivity index (χ0n) is 10.7. The number of ether oxygens (including phenoxy) is 1. The lowest BCUT2D eigenvalue weighted by molar-refractivity contribution is -0.132. The van der Waals surface area contributed by atoms with Crippen molar-refractivity contribution in [3.05, 3.63) is 0 Å². The minimum atomic E-state index is 0. The van der Waals surface area contributed by atoms with Crippen LogP contribution in [0.3, 0.4) is 0 Å². The Morgan fingerprint density at radius 2 is 2.06 bits per heavy atom. The van der Waals surface area contributed by atoms with E-state index in [9.17, 15) is 4.79 Å². The molecular weight excluding hydrogens is 240 g/mol. The zero-order valence-corrected chi connectivity index (χ0v) is 11.5. The van der Waals surface area contributed by atoms with Crippen LogP contribution in [0.15, 0.2) is 0 Å². The summed E-state index contributed by atoms with van der Waals surface area (Å²) < 4.78 is 5.28. The van der Waals surface area contributed by atoms with Gasteiger partial charge in [-0.3, -0.25) is 4.79 Å². The normalized spacial score (nSPS) is 18.8. The summed E-state index contributed by atoms with van der Waals surface area (Å²) in [5.74, 6) is 0.253. The number of nitrogens with zero attached hydrogens (tertiary/aromatic N) is 1. The van der Waals surface area contributed by atoms with Gasteiger partial charge in [-0.1, -0.05) is 12.8 Å². The van der Waals surface area contributed by atoms with E-state index >= 15 is 0 Å². The highest BCUT2D eigenvalue weighted by molar-refractivity contribution is 5.85. The minimum Gasteiger partial charge on any atom is -0.379 e. The maximum Gasteiger partial charge on any atom is 0.222 e. The third-order valence-corrected chi connectivity index (χ3v) is 3.19. The Kier molecular flexibility index (Phi) is 9.50. The summed E-state index contributed by atoms with van der Waals surface area (Å²) in [5.41, 5.74) is 5.41. The first-order chi connectivity index (χ1) is 7.75. The van der Waals surface area contributed by atoms with Crippen molar-refractivity contribution in [1.82, 2.24) is 4.90 Å². The predicted molar refractivity (Wildman–Crippen MR) is 71.4 cm³/mol. The molecule has 1 fully saturated rings. The molecule has 1 amide bonds. The number of carbonyl (C=O) groups is 1. The van der Waals surface area contributed by atoms with E-state index in [-0.39, 0.29) is 18.3 Å². The highest BCUT2D eigenvalue weighted by Crippen LogP contribution is 2.13. The molecule has 1 aliphatic rings. The average Bonchev–Trinajstić information content (AvgIpc) is 2.81. The molecule has 1 unspecified atom stereocenters. The molecule has 1 atom stereocenters. The van der Waals surface area contributed by atoms with Crippen LogP contribution in [0.1, 0.15) is 38.5 Å². The molecule has 1 heterocycles. The van der Waals surface area contributed by atoms with E-state index in [4.69, 9.17) is 10.5 Å². The lowest BCUT2D eigenvalue weighted by Gasteiger charge is -2.23. The van der Waals surface area contributed by atoms with Crippen LogP contribution in [0.25, 0.3) is 0 Å². The molecule has 17 heavy (non-hydrogen) atoms. The molecular formula is C12H25ClN2O2. The fourth-order valence-corrected chi connectivity index (χ4v) is 1.98. The number of hydrogen-bond acceptors (Lipinski definition) is 3. The molecule has 1 aliphatic heterocycles. The molecule has 0 saturated carbocycles. The van der Waals surface area contributed by atoms with Crippen LogP contribution >= 0.6 is 12.4 Å². The van der Waals surface area contributed by atoms with Crippen molar-refractivity contribution in [1.29, 1.82) is 0 Å². The Bertz CT molecular complexity index is 209. The van der Waals surface area contributed by atoms with Gasteiger partial charge in [0, 0.05) is 20.1 Å². The second-order valence-electron chi connectivity index (χ2n) is 4.47. The largest absolute Gasteiger partial charge is 0.379 e. The van der Waals surface area contributed by atoms with Crippen molar-refractivity contribution < 1.29 is 9.53 Å². The summed E-state index contributed by atoms with van der Waals surface area (Å²) in [6, 6.07) is 0.302. The van der Waals surface area contributed by atoms with Crippen LogP contribution in [-0.2, 0) is 9.53 Å². The maximum atomic E-state index is 11.8. The summed E-state index contributed by atoms with van der Waals surface area (Å²) >= 11 is 0. The molecule has 0 aromatic rings. The van der Waals surface area contributed by atoms with Crippen molar-refractivity contribution in [3.63, 3.8) is 0 Å². The molecule has 0 aromatic carbocycles. The fraction of sp³-hybridized carbons (Fsp3) is 0.917.